The molecular formula is C11H18N6O2. The molecule has 104 valence electrons. The molecule has 0 amide bonds. The zero-order valence-corrected chi connectivity index (χ0v) is 11.0. The van der Waals surface area contributed by atoms with Crippen LogP contribution in [-0.2, 0) is 0 Å². The summed E-state index contributed by atoms with van der Waals surface area (Å²) in [5.41, 5.74) is 2.44. The molecule has 1 unspecified atom stereocenters. The Morgan fingerprint density at radius 1 is 1.53 bits per heavy atom. The van der Waals surface area contributed by atoms with Crippen molar-refractivity contribution in [1.29, 1.82) is 0 Å². The lowest BCUT2D eigenvalue weighted by atomic mass is 10.2. The van der Waals surface area contributed by atoms with E-state index in [0.717, 1.165) is 13.1 Å². The van der Waals surface area contributed by atoms with Crippen molar-refractivity contribution in [1.82, 2.24) is 9.88 Å². The topological polar surface area (TPSA) is 101 Å². The maximum Gasteiger partial charge on any atom is 0.311 e. The van der Waals surface area contributed by atoms with Crippen LogP contribution in [0.2, 0.25) is 0 Å². The summed E-state index contributed by atoms with van der Waals surface area (Å²) in [5, 5.41) is 11.1. The minimum absolute atomic E-state index is 0.00963. The molecule has 1 saturated heterocycles. The highest BCUT2D eigenvalue weighted by Crippen LogP contribution is 2.29. The van der Waals surface area contributed by atoms with Gasteiger partial charge >= 0.3 is 5.69 Å². The van der Waals surface area contributed by atoms with Crippen LogP contribution >= 0.6 is 0 Å². The van der Waals surface area contributed by atoms with Crippen LogP contribution in [0.3, 0.4) is 0 Å². The molecule has 3 N–H and O–H groups in total. The van der Waals surface area contributed by atoms with Crippen LogP contribution in [0.4, 0.5) is 17.3 Å². The molecule has 2 rings (SSSR count). The van der Waals surface area contributed by atoms with E-state index in [0.29, 0.717) is 18.2 Å². The Kier molecular flexibility index (Phi) is 3.82. The van der Waals surface area contributed by atoms with E-state index in [-0.39, 0.29) is 11.7 Å². The molecule has 0 radical (unpaired) electrons. The number of nitrogen functional groups attached to an aromatic ring is 1. The number of hydrogen-bond acceptors (Lipinski definition) is 7. The minimum atomic E-state index is -0.409. The first kappa shape index (κ1) is 13.5. The minimum Gasteiger partial charge on any atom is -0.346 e. The molecule has 1 aromatic heterocycles. The summed E-state index contributed by atoms with van der Waals surface area (Å²) in [6, 6.07) is 3.10. The van der Waals surface area contributed by atoms with Crippen LogP contribution in [0, 0.1) is 10.1 Å². The normalized spacial score (nSPS) is 20.4. The second kappa shape index (κ2) is 5.37. The maximum atomic E-state index is 11.1. The fourth-order valence-corrected chi connectivity index (χ4v) is 2.33. The molecule has 19 heavy (non-hydrogen) atoms. The summed E-state index contributed by atoms with van der Waals surface area (Å²) in [4.78, 5) is 19.1. The van der Waals surface area contributed by atoms with Gasteiger partial charge in [-0.3, -0.25) is 10.1 Å². The number of nitro groups is 1. The molecule has 8 heteroatoms. The highest BCUT2D eigenvalue weighted by molar-refractivity contribution is 5.62. The first-order chi connectivity index (χ1) is 9.02. The van der Waals surface area contributed by atoms with E-state index in [2.05, 4.69) is 15.3 Å². The van der Waals surface area contributed by atoms with Gasteiger partial charge in [-0.1, -0.05) is 0 Å². The number of pyridine rings is 1. The number of rotatable bonds is 3. The fraction of sp³-hybridized carbons (Fsp3) is 0.545. The molecule has 0 bridgehead atoms. The molecule has 1 aliphatic rings. The van der Waals surface area contributed by atoms with Gasteiger partial charge < -0.3 is 15.2 Å². The molecule has 1 atom stereocenters. The summed E-state index contributed by atoms with van der Waals surface area (Å²) in [6.45, 7) is 4.44. The van der Waals surface area contributed by atoms with Gasteiger partial charge in [0, 0.05) is 31.7 Å². The monoisotopic (exact) mass is 266 g/mol. The van der Waals surface area contributed by atoms with E-state index in [1.54, 1.807) is 0 Å². The quantitative estimate of drug-likeness (QED) is 0.464. The Bertz CT molecular complexity index is 480. The molecule has 1 aliphatic heterocycles. The van der Waals surface area contributed by atoms with Gasteiger partial charge in [-0.25, -0.2) is 10.8 Å². The maximum absolute atomic E-state index is 11.1. The summed E-state index contributed by atoms with van der Waals surface area (Å²) in [5.74, 6) is 6.12. The molecule has 1 fully saturated rings. The van der Waals surface area contributed by atoms with Gasteiger partial charge in [0.05, 0.1) is 4.92 Å². The van der Waals surface area contributed by atoms with Gasteiger partial charge in [0.25, 0.3) is 0 Å². The molecule has 0 aromatic carbocycles. The van der Waals surface area contributed by atoms with E-state index in [1.807, 2.05) is 18.9 Å². The smallest absolute Gasteiger partial charge is 0.311 e. The third-order valence-corrected chi connectivity index (χ3v) is 3.30. The Labute approximate surface area is 111 Å². The second-order valence-electron chi connectivity index (χ2n) is 4.75. The number of hydrogen-bond donors (Lipinski definition) is 2. The molecule has 1 aromatic rings. The summed E-state index contributed by atoms with van der Waals surface area (Å²) >= 11 is 0. The van der Waals surface area contributed by atoms with E-state index >= 15 is 0 Å². The van der Waals surface area contributed by atoms with Gasteiger partial charge in [-0.15, -0.1) is 0 Å². The molecule has 2 heterocycles. The van der Waals surface area contributed by atoms with E-state index in [9.17, 15) is 10.1 Å². The number of nitrogens with one attached hydrogen (secondary N) is 1. The Morgan fingerprint density at radius 2 is 2.26 bits per heavy atom. The summed E-state index contributed by atoms with van der Waals surface area (Å²) in [6.07, 6.45) is 0. The third-order valence-electron chi connectivity index (χ3n) is 3.30. The van der Waals surface area contributed by atoms with Crippen molar-refractivity contribution in [2.24, 2.45) is 5.84 Å². The second-order valence-corrected chi connectivity index (χ2v) is 4.75. The van der Waals surface area contributed by atoms with E-state index < -0.39 is 4.92 Å². The van der Waals surface area contributed by atoms with E-state index in [1.165, 1.54) is 12.1 Å². The molecular weight excluding hydrogens is 248 g/mol. The predicted octanol–water partition coefficient (Wildman–Crippen LogP) is 0.416. The summed E-state index contributed by atoms with van der Waals surface area (Å²) in [7, 11) is 2.04. The molecule has 0 saturated carbocycles. The number of nitrogens with two attached hydrogens (primary N) is 1. The van der Waals surface area contributed by atoms with E-state index in [4.69, 9.17) is 5.84 Å². The Morgan fingerprint density at radius 3 is 2.84 bits per heavy atom. The van der Waals surface area contributed by atoms with Crippen LogP contribution in [0.5, 0.6) is 0 Å². The first-order valence-corrected chi connectivity index (χ1v) is 6.10. The lowest BCUT2D eigenvalue weighted by molar-refractivity contribution is -0.384. The van der Waals surface area contributed by atoms with Crippen molar-refractivity contribution in [3.05, 3.63) is 22.2 Å². The molecule has 8 nitrogen and oxygen atoms in total. The average molecular weight is 266 g/mol. The molecule has 0 aliphatic carbocycles. The number of aromatic nitrogens is 1. The highest BCUT2D eigenvalue weighted by Gasteiger charge is 2.28. The number of nitrogens with zero attached hydrogens (tertiary/aromatic N) is 4. The lowest BCUT2D eigenvalue weighted by Crippen LogP contribution is -2.51. The fourth-order valence-electron chi connectivity index (χ4n) is 2.33. The van der Waals surface area contributed by atoms with Gasteiger partial charge in [0.2, 0.25) is 5.82 Å². The van der Waals surface area contributed by atoms with Crippen molar-refractivity contribution in [3.63, 3.8) is 0 Å². The van der Waals surface area contributed by atoms with Gasteiger partial charge in [0.1, 0.15) is 5.82 Å². The van der Waals surface area contributed by atoms with Crippen molar-refractivity contribution in [3.8, 4) is 0 Å². The predicted molar refractivity (Wildman–Crippen MR) is 73.0 cm³/mol. The first-order valence-electron chi connectivity index (χ1n) is 6.10. The Balaban J connectivity index is 2.38. The zero-order chi connectivity index (χ0) is 14.0. The van der Waals surface area contributed by atoms with Crippen LogP contribution in [0.25, 0.3) is 0 Å². The van der Waals surface area contributed by atoms with Crippen molar-refractivity contribution in [2.75, 3.05) is 37.0 Å². The zero-order valence-electron chi connectivity index (χ0n) is 11.0. The highest BCUT2D eigenvalue weighted by atomic mass is 16.6. The number of piperazine rings is 1. The third kappa shape index (κ3) is 2.74. The van der Waals surface area contributed by atoms with Gasteiger partial charge in [-0.2, -0.15) is 0 Å². The van der Waals surface area contributed by atoms with Crippen LogP contribution in [-0.4, -0.2) is 47.5 Å². The average Bonchev–Trinajstić information content (AvgIpc) is 2.38. The van der Waals surface area contributed by atoms with Crippen LogP contribution < -0.4 is 16.2 Å². The standard InChI is InChI=1S/C11H18N6O2/c1-8-7-15(2)5-6-16(8)11-9(17(18)19)3-4-10(13-11)14-12/h3-4,8H,5-7,12H2,1-2H3,(H,13,14). The van der Waals surface area contributed by atoms with Gasteiger partial charge in [0.15, 0.2) is 0 Å². The van der Waals surface area contributed by atoms with Crippen molar-refractivity contribution < 1.29 is 4.92 Å². The lowest BCUT2D eigenvalue weighted by Gasteiger charge is -2.38. The largest absolute Gasteiger partial charge is 0.346 e. The van der Waals surface area contributed by atoms with Crippen LogP contribution in [0.1, 0.15) is 6.92 Å². The van der Waals surface area contributed by atoms with Crippen molar-refractivity contribution >= 4 is 17.3 Å². The number of hydrazine groups is 1. The summed E-state index contributed by atoms with van der Waals surface area (Å²) < 4.78 is 0. The SMILES string of the molecule is CC1CN(C)CCN1c1nc(NN)ccc1[N+](=O)[O-]. The molecule has 0 spiro atoms. The van der Waals surface area contributed by atoms with Crippen LogP contribution in [0.15, 0.2) is 12.1 Å². The van der Waals surface area contributed by atoms with Gasteiger partial charge in [-0.05, 0) is 20.0 Å². The van der Waals surface area contributed by atoms with Crippen molar-refractivity contribution in [2.45, 2.75) is 13.0 Å². The Hall–Kier alpha value is -1.93. The number of likely N-dealkylation sites (N-methyl/N-ethyl adjacent to an activating group) is 1. The number of anilines is 2.